The molecule has 2 rings (SSSR count). The molecule has 0 saturated heterocycles. The van der Waals surface area contributed by atoms with Crippen LogP contribution in [-0.2, 0) is 9.53 Å². The van der Waals surface area contributed by atoms with Crippen LogP contribution in [0.15, 0.2) is 30.3 Å². The van der Waals surface area contributed by atoms with E-state index in [1.165, 1.54) is 24.1 Å². The summed E-state index contributed by atoms with van der Waals surface area (Å²) in [6.45, 7) is 7.24. The molecule has 7 nitrogen and oxygen atoms in total. The van der Waals surface area contributed by atoms with Gasteiger partial charge >= 0.3 is 5.97 Å². The molecule has 32 heavy (non-hydrogen) atoms. The van der Waals surface area contributed by atoms with Crippen molar-refractivity contribution in [3.05, 3.63) is 52.0 Å². The van der Waals surface area contributed by atoms with Gasteiger partial charge in [-0.25, -0.2) is 4.79 Å². The summed E-state index contributed by atoms with van der Waals surface area (Å²) >= 11 is 6.26. The van der Waals surface area contributed by atoms with Crippen LogP contribution in [0.25, 0.3) is 0 Å². The smallest absolute Gasteiger partial charge is 0.338 e. The van der Waals surface area contributed by atoms with Crippen LogP contribution in [0.1, 0.15) is 41.8 Å². The van der Waals surface area contributed by atoms with E-state index in [0.29, 0.717) is 11.4 Å². The molecule has 0 saturated carbocycles. The van der Waals surface area contributed by atoms with Gasteiger partial charge in [-0.15, -0.1) is 0 Å². The van der Waals surface area contributed by atoms with E-state index in [1.807, 2.05) is 52.0 Å². The van der Waals surface area contributed by atoms with Gasteiger partial charge in [0, 0.05) is 12.2 Å². The molecule has 0 spiro atoms. The monoisotopic (exact) mass is 458 g/mol. The zero-order valence-electron chi connectivity index (χ0n) is 18.9. The zero-order chi connectivity index (χ0) is 23.8. The molecule has 1 amide bonds. The van der Waals surface area contributed by atoms with E-state index in [1.54, 1.807) is 0 Å². The molecule has 0 heterocycles. The fourth-order valence-corrected chi connectivity index (χ4v) is 3.40. The normalized spacial score (nSPS) is 10.4. The highest BCUT2D eigenvalue weighted by molar-refractivity contribution is 6.32. The topological polar surface area (TPSA) is 88.9 Å². The van der Waals surface area contributed by atoms with Crippen LogP contribution in [0.5, 0.6) is 11.5 Å². The van der Waals surface area contributed by atoms with Crippen LogP contribution in [-0.4, -0.2) is 38.2 Å². The first-order chi connectivity index (χ1) is 15.2. The van der Waals surface area contributed by atoms with E-state index in [-0.39, 0.29) is 35.4 Å². The molecule has 0 aliphatic rings. The van der Waals surface area contributed by atoms with Crippen molar-refractivity contribution < 1.29 is 23.8 Å². The summed E-state index contributed by atoms with van der Waals surface area (Å²) in [5.41, 5.74) is 2.75. The van der Waals surface area contributed by atoms with Gasteiger partial charge < -0.3 is 19.1 Å². The summed E-state index contributed by atoms with van der Waals surface area (Å²) in [5, 5.41) is 9.16. The number of nitrogens with zero attached hydrogens (tertiary/aromatic N) is 2. The zero-order valence-corrected chi connectivity index (χ0v) is 19.7. The van der Waals surface area contributed by atoms with Gasteiger partial charge in [0.15, 0.2) is 18.1 Å². The Morgan fingerprint density at radius 2 is 1.78 bits per heavy atom. The molecule has 0 radical (unpaired) electrons. The number of hydrogen-bond acceptors (Lipinski definition) is 6. The van der Waals surface area contributed by atoms with Crippen LogP contribution in [0.4, 0.5) is 5.69 Å². The third-order valence-corrected chi connectivity index (χ3v) is 4.69. The number of ether oxygens (including phenoxy) is 3. The van der Waals surface area contributed by atoms with Crippen molar-refractivity contribution in [1.82, 2.24) is 0 Å². The first kappa shape index (κ1) is 25.0. The predicted molar refractivity (Wildman–Crippen MR) is 123 cm³/mol. The summed E-state index contributed by atoms with van der Waals surface area (Å²) in [6.07, 6.45) is 0.0121. The Hall–Kier alpha value is -3.24. The van der Waals surface area contributed by atoms with Gasteiger partial charge in [-0.1, -0.05) is 17.7 Å². The van der Waals surface area contributed by atoms with Crippen LogP contribution in [0, 0.1) is 25.2 Å². The van der Waals surface area contributed by atoms with E-state index in [2.05, 4.69) is 0 Å². The minimum Gasteiger partial charge on any atom is -0.493 e. The molecule has 0 aliphatic heterocycles. The lowest BCUT2D eigenvalue weighted by Crippen LogP contribution is -2.35. The lowest BCUT2D eigenvalue weighted by atomic mass is 10.1. The lowest BCUT2D eigenvalue weighted by molar-refractivity contribution is -0.121. The maximum Gasteiger partial charge on any atom is 0.338 e. The van der Waals surface area contributed by atoms with Gasteiger partial charge in [-0.2, -0.15) is 5.26 Å². The van der Waals surface area contributed by atoms with Crippen LogP contribution >= 0.6 is 11.6 Å². The predicted octanol–water partition coefficient (Wildman–Crippen LogP) is 4.86. The number of methoxy groups -OCH3 is 1. The molecule has 2 aromatic rings. The highest BCUT2D eigenvalue weighted by Crippen LogP contribution is 2.37. The number of carbonyl (C=O) groups is 2. The number of carbonyl (C=O) groups excluding carboxylic acids is 2. The van der Waals surface area contributed by atoms with Crippen molar-refractivity contribution >= 4 is 29.2 Å². The molecule has 0 N–H and O–H groups in total. The summed E-state index contributed by atoms with van der Waals surface area (Å²) in [4.78, 5) is 26.9. The Kier molecular flexibility index (Phi) is 8.91. The summed E-state index contributed by atoms with van der Waals surface area (Å²) < 4.78 is 16.2. The summed E-state index contributed by atoms with van der Waals surface area (Å²) in [6, 6.07) is 10.6. The number of aryl methyl sites for hydroxylation is 2. The van der Waals surface area contributed by atoms with Gasteiger partial charge in [-0.05, 0) is 63.1 Å². The fourth-order valence-electron chi connectivity index (χ4n) is 3.14. The van der Waals surface area contributed by atoms with Crippen molar-refractivity contribution in [2.45, 2.75) is 40.2 Å². The minimum absolute atomic E-state index is 0.130. The average Bonchev–Trinajstić information content (AvgIpc) is 2.72. The van der Waals surface area contributed by atoms with Gasteiger partial charge in [0.2, 0.25) is 0 Å². The molecule has 0 bridgehead atoms. The van der Waals surface area contributed by atoms with Crippen molar-refractivity contribution in [2.75, 3.05) is 25.2 Å². The second kappa shape index (κ2) is 11.4. The third kappa shape index (κ3) is 6.63. The number of nitriles is 1. The number of esters is 1. The summed E-state index contributed by atoms with van der Waals surface area (Å²) in [5.74, 6) is -0.545. The highest BCUT2D eigenvalue weighted by atomic mass is 35.5. The van der Waals surface area contributed by atoms with Crippen molar-refractivity contribution in [2.24, 2.45) is 0 Å². The molecule has 0 aliphatic carbocycles. The van der Waals surface area contributed by atoms with Crippen molar-refractivity contribution in [3.8, 4) is 17.6 Å². The van der Waals surface area contributed by atoms with Crippen molar-refractivity contribution in [1.29, 1.82) is 5.26 Å². The third-order valence-electron chi connectivity index (χ3n) is 4.41. The second-order valence-corrected chi connectivity index (χ2v) is 7.94. The molecule has 0 aromatic heterocycles. The number of anilines is 1. The Morgan fingerprint density at radius 3 is 2.34 bits per heavy atom. The van der Waals surface area contributed by atoms with Gasteiger partial charge in [0.1, 0.15) is 0 Å². The molecule has 8 heteroatoms. The maximum atomic E-state index is 12.8. The van der Waals surface area contributed by atoms with E-state index < -0.39 is 18.5 Å². The number of benzene rings is 2. The summed E-state index contributed by atoms with van der Waals surface area (Å²) in [7, 11) is 1.44. The molecular weight excluding hydrogens is 432 g/mol. The average molecular weight is 459 g/mol. The molecule has 0 atom stereocenters. The first-order valence-electron chi connectivity index (χ1n) is 10.1. The quantitative estimate of drug-likeness (QED) is 0.499. The number of amides is 1. The number of halogens is 1. The maximum absolute atomic E-state index is 12.8. The minimum atomic E-state index is -0.727. The Labute approximate surface area is 193 Å². The molecule has 0 unspecified atom stereocenters. The first-order valence-corrected chi connectivity index (χ1v) is 10.5. The molecule has 0 fully saturated rings. The standard InChI is InChI=1S/C24H27ClN2O5/c1-15(2)32-23-20(25)12-18(13-21(23)30-5)24(29)31-14-22(28)27(8-6-7-26)19-10-16(3)9-17(4)11-19/h9-13,15H,6,8,14H2,1-5H3. The van der Waals surface area contributed by atoms with E-state index in [4.69, 9.17) is 31.1 Å². The van der Waals surface area contributed by atoms with Crippen LogP contribution in [0.2, 0.25) is 5.02 Å². The van der Waals surface area contributed by atoms with Gasteiger partial charge in [0.25, 0.3) is 5.91 Å². The fraction of sp³-hybridized carbons (Fsp3) is 0.375. The lowest BCUT2D eigenvalue weighted by Gasteiger charge is -2.23. The SMILES string of the molecule is COc1cc(C(=O)OCC(=O)N(CCC#N)c2cc(C)cc(C)c2)cc(Cl)c1OC(C)C. The Morgan fingerprint density at radius 1 is 1.12 bits per heavy atom. The molecular formula is C24H27ClN2O5. The van der Waals surface area contributed by atoms with Crippen LogP contribution < -0.4 is 14.4 Å². The number of rotatable bonds is 9. The Bertz CT molecular complexity index is 1010. The van der Waals surface area contributed by atoms with E-state index >= 15 is 0 Å². The highest BCUT2D eigenvalue weighted by Gasteiger charge is 2.21. The molecule has 2 aromatic carbocycles. The molecule has 170 valence electrons. The van der Waals surface area contributed by atoms with E-state index in [0.717, 1.165) is 11.1 Å². The van der Waals surface area contributed by atoms with Gasteiger partial charge in [0.05, 0.1) is 36.3 Å². The van der Waals surface area contributed by atoms with E-state index in [9.17, 15) is 9.59 Å². The van der Waals surface area contributed by atoms with Crippen molar-refractivity contribution in [3.63, 3.8) is 0 Å². The van der Waals surface area contributed by atoms with Crippen LogP contribution in [0.3, 0.4) is 0 Å². The Balaban J connectivity index is 2.18. The largest absolute Gasteiger partial charge is 0.493 e. The van der Waals surface area contributed by atoms with Gasteiger partial charge in [-0.3, -0.25) is 4.79 Å². The second-order valence-electron chi connectivity index (χ2n) is 7.53. The number of hydrogen-bond donors (Lipinski definition) is 0.